The van der Waals surface area contributed by atoms with Crippen LogP contribution in [-0.2, 0) is 0 Å². The van der Waals surface area contributed by atoms with E-state index in [-0.39, 0.29) is 5.56 Å². The molecule has 2 heterocycles. The number of para-hydroxylation sites is 1. The molecule has 146 valence electrons. The van der Waals surface area contributed by atoms with Crippen LogP contribution in [0.5, 0.6) is 11.5 Å². The molecule has 0 radical (unpaired) electrons. The van der Waals surface area contributed by atoms with Crippen molar-refractivity contribution in [2.24, 2.45) is 0 Å². The smallest absolute Gasteiger partial charge is 0.344 e. The highest BCUT2D eigenvalue weighted by molar-refractivity contribution is 5.96. The lowest BCUT2D eigenvalue weighted by molar-refractivity contribution is 0.352. The van der Waals surface area contributed by atoms with Gasteiger partial charge in [0.1, 0.15) is 17.9 Å². The predicted octanol–water partition coefficient (Wildman–Crippen LogP) is 4.53. The van der Waals surface area contributed by atoms with Gasteiger partial charge < -0.3 is 18.3 Å². The molecule has 0 spiro atoms. The zero-order valence-corrected chi connectivity index (χ0v) is 16.0. The number of ether oxygens (including phenoxy) is 2. The van der Waals surface area contributed by atoms with Gasteiger partial charge in [-0.3, -0.25) is 0 Å². The van der Waals surface area contributed by atoms with E-state index < -0.39 is 11.3 Å². The van der Waals surface area contributed by atoms with Crippen LogP contribution in [0.15, 0.2) is 79.1 Å². The highest BCUT2D eigenvalue weighted by Crippen LogP contribution is 2.31. The van der Waals surface area contributed by atoms with Gasteiger partial charge in [-0.2, -0.15) is 0 Å². The monoisotopic (exact) mass is 390 g/mol. The molecule has 0 bridgehead atoms. The number of hydrogen-bond acceptors (Lipinski definition) is 6. The maximum Gasteiger partial charge on any atom is 0.344 e. The third-order valence-corrected chi connectivity index (χ3v) is 4.44. The molecule has 6 nitrogen and oxygen atoms in total. The SMILES string of the molecule is C=C(C)COc1ccc2c(-c3cc4cccc(OC)c4oc3=O)cc(=O)oc2c1. The molecule has 0 saturated heterocycles. The second kappa shape index (κ2) is 7.31. The number of fused-ring (bicyclic) bond motifs is 2. The molecular weight excluding hydrogens is 372 g/mol. The molecular formula is C23H18O6. The van der Waals surface area contributed by atoms with Crippen LogP contribution in [0, 0.1) is 0 Å². The average Bonchev–Trinajstić information content (AvgIpc) is 2.70. The van der Waals surface area contributed by atoms with Crippen molar-refractivity contribution in [3.63, 3.8) is 0 Å². The van der Waals surface area contributed by atoms with E-state index in [0.717, 1.165) is 5.57 Å². The third kappa shape index (κ3) is 3.52. The van der Waals surface area contributed by atoms with Crippen LogP contribution < -0.4 is 20.7 Å². The standard InChI is InChI=1S/C23H18O6/c1-13(2)12-27-15-7-8-16-17(11-21(24)28-20(16)10-15)18-9-14-5-4-6-19(26-3)22(14)29-23(18)25/h4-11H,1,12H2,2-3H3. The Bertz CT molecular complexity index is 1360. The minimum Gasteiger partial charge on any atom is -0.493 e. The van der Waals surface area contributed by atoms with E-state index in [1.807, 2.05) is 13.0 Å². The van der Waals surface area contributed by atoms with Gasteiger partial charge in [0.15, 0.2) is 11.3 Å². The highest BCUT2D eigenvalue weighted by atomic mass is 16.5. The van der Waals surface area contributed by atoms with Crippen LogP contribution in [-0.4, -0.2) is 13.7 Å². The van der Waals surface area contributed by atoms with E-state index in [0.29, 0.717) is 45.6 Å². The summed E-state index contributed by atoms with van der Waals surface area (Å²) in [6.45, 7) is 6.00. The Balaban J connectivity index is 1.91. The third-order valence-electron chi connectivity index (χ3n) is 4.44. The molecule has 0 atom stereocenters. The first kappa shape index (κ1) is 18.6. The highest BCUT2D eigenvalue weighted by Gasteiger charge is 2.15. The van der Waals surface area contributed by atoms with E-state index in [1.165, 1.54) is 13.2 Å². The van der Waals surface area contributed by atoms with E-state index in [2.05, 4.69) is 6.58 Å². The average molecular weight is 390 g/mol. The minimum absolute atomic E-state index is 0.263. The number of rotatable bonds is 5. The van der Waals surface area contributed by atoms with Crippen molar-refractivity contribution in [3.05, 3.63) is 81.5 Å². The topological polar surface area (TPSA) is 78.9 Å². The maximum atomic E-state index is 12.7. The van der Waals surface area contributed by atoms with Crippen LogP contribution in [0.1, 0.15) is 6.92 Å². The molecule has 0 fully saturated rings. The molecule has 0 aliphatic rings. The van der Waals surface area contributed by atoms with Crippen LogP contribution >= 0.6 is 0 Å². The van der Waals surface area contributed by atoms with Gasteiger partial charge >= 0.3 is 11.3 Å². The van der Waals surface area contributed by atoms with Crippen LogP contribution in [0.2, 0.25) is 0 Å². The van der Waals surface area contributed by atoms with Gasteiger partial charge in [-0.25, -0.2) is 9.59 Å². The van der Waals surface area contributed by atoms with E-state index in [1.54, 1.807) is 36.4 Å². The van der Waals surface area contributed by atoms with Gasteiger partial charge in [0.2, 0.25) is 0 Å². The van der Waals surface area contributed by atoms with Crippen molar-refractivity contribution in [1.82, 2.24) is 0 Å². The summed E-state index contributed by atoms with van der Waals surface area (Å²) < 4.78 is 21.7. The van der Waals surface area contributed by atoms with Crippen molar-refractivity contribution < 1.29 is 18.3 Å². The first-order chi connectivity index (χ1) is 14.0. The first-order valence-corrected chi connectivity index (χ1v) is 8.92. The lowest BCUT2D eigenvalue weighted by Gasteiger charge is -2.09. The zero-order chi connectivity index (χ0) is 20.5. The van der Waals surface area contributed by atoms with E-state index >= 15 is 0 Å². The summed E-state index contributed by atoms with van der Waals surface area (Å²) in [6.07, 6.45) is 0. The summed E-state index contributed by atoms with van der Waals surface area (Å²) >= 11 is 0. The molecule has 6 heteroatoms. The largest absolute Gasteiger partial charge is 0.493 e. The Morgan fingerprint density at radius 3 is 2.62 bits per heavy atom. The molecule has 0 unspecified atom stereocenters. The number of benzene rings is 2. The molecule has 0 aliphatic carbocycles. The maximum absolute atomic E-state index is 12.7. The molecule has 4 aromatic rings. The molecule has 0 amide bonds. The van der Waals surface area contributed by atoms with Gasteiger partial charge in [-0.1, -0.05) is 18.7 Å². The van der Waals surface area contributed by atoms with Crippen molar-refractivity contribution in [2.75, 3.05) is 13.7 Å². The molecule has 0 aliphatic heterocycles. The van der Waals surface area contributed by atoms with Crippen LogP contribution in [0.4, 0.5) is 0 Å². The Kier molecular flexibility index (Phi) is 4.68. The van der Waals surface area contributed by atoms with Gasteiger partial charge in [-0.05, 0) is 36.8 Å². The summed E-state index contributed by atoms with van der Waals surface area (Å²) in [5, 5.41) is 1.28. The molecule has 2 aromatic carbocycles. The van der Waals surface area contributed by atoms with Crippen LogP contribution in [0.3, 0.4) is 0 Å². The molecule has 29 heavy (non-hydrogen) atoms. The van der Waals surface area contributed by atoms with E-state index in [4.69, 9.17) is 18.3 Å². The normalized spacial score (nSPS) is 11.0. The fraction of sp³-hybridized carbons (Fsp3) is 0.130. The number of methoxy groups -OCH3 is 1. The van der Waals surface area contributed by atoms with Gasteiger partial charge in [-0.15, -0.1) is 0 Å². The minimum atomic E-state index is -0.574. The fourth-order valence-electron chi connectivity index (χ4n) is 3.13. The van der Waals surface area contributed by atoms with Crippen LogP contribution in [0.25, 0.3) is 33.1 Å². The lowest BCUT2D eigenvalue weighted by atomic mass is 10.0. The molecule has 0 N–H and O–H groups in total. The van der Waals surface area contributed by atoms with Gasteiger partial charge in [0.25, 0.3) is 0 Å². The summed E-state index contributed by atoms with van der Waals surface area (Å²) in [7, 11) is 1.51. The molecule has 4 rings (SSSR count). The van der Waals surface area contributed by atoms with Crippen molar-refractivity contribution in [3.8, 4) is 22.6 Å². The number of hydrogen-bond donors (Lipinski definition) is 0. The summed E-state index contributed by atoms with van der Waals surface area (Å²) in [5.74, 6) is 0.999. The van der Waals surface area contributed by atoms with E-state index in [9.17, 15) is 9.59 Å². The Morgan fingerprint density at radius 2 is 1.86 bits per heavy atom. The first-order valence-electron chi connectivity index (χ1n) is 8.92. The predicted molar refractivity (Wildman–Crippen MR) is 111 cm³/mol. The second-order valence-electron chi connectivity index (χ2n) is 6.71. The summed E-state index contributed by atoms with van der Waals surface area (Å²) in [5.41, 5.74) is 1.08. The van der Waals surface area contributed by atoms with Crippen molar-refractivity contribution >= 4 is 21.9 Å². The fourth-order valence-corrected chi connectivity index (χ4v) is 3.13. The summed E-state index contributed by atoms with van der Waals surface area (Å²) in [6, 6.07) is 13.4. The summed E-state index contributed by atoms with van der Waals surface area (Å²) in [4.78, 5) is 24.9. The van der Waals surface area contributed by atoms with Crippen molar-refractivity contribution in [2.45, 2.75) is 6.92 Å². The zero-order valence-electron chi connectivity index (χ0n) is 16.0. The van der Waals surface area contributed by atoms with Crippen molar-refractivity contribution in [1.29, 1.82) is 0 Å². The molecule has 0 saturated carbocycles. The van der Waals surface area contributed by atoms with Gasteiger partial charge in [0.05, 0.1) is 12.7 Å². The van der Waals surface area contributed by atoms with Gasteiger partial charge in [0, 0.05) is 28.5 Å². The Labute approximate surface area is 165 Å². The second-order valence-corrected chi connectivity index (χ2v) is 6.71. The quantitative estimate of drug-likeness (QED) is 0.368. The Hall–Kier alpha value is -3.80. The lowest BCUT2D eigenvalue weighted by Crippen LogP contribution is -2.07. The molecule has 2 aromatic heterocycles. The Morgan fingerprint density at radius 1 is 1.03 bits per heavy atom.